The van der Waals surface area contributed by atoms with Crippen LogP contribution in [0, 0.1) is 5.82 Å². The molecular formula is C20H20FN3O2. The predicted molar refractivity (Wildman–Crippen MR) is 100 cm³/mol. The van der Waals surface area contributed by atoms with Crippen LogP contribution in [0.2, 0.25) is 0 Å². The molecule has 2 heterocycles. The van der Waals surface area contributed by atoms with Crippen molar-refractivity contribution in [1.29, 1.82) is 0 Å². The minimum Gasteiger partial charge on any atom is -0.478 e. The number of carboxylic acids is 1. The van der Waals surface area contributed by atoms with Gasteiger partial charge < -0.3 is 15.3 Å². The number of hydrogen-bond acceptors (Lipinski definition) is 4. The Morgan fingerprint density at radius 2 is 2.08 bits per heavy atom. The Morgan fingerprint density at radius 3 is 2.73 bits per heavy atom. The van der Waals surface area contributed by atoms with Gasteiger partial charge in [-0.3, -0.25) is 0 Å². The van der Waals surface area contributed by atoms with Gasteiger partial charge in [-0.2, -0.15) is 0 Å². The van der Waals surface area contributed by atoms with Crippen LogP contribution in [0.5, 0.6) is 0 Å². The van der Waals surface area contributed by atoms with Crippen molar-refractivity contribution in [2.45, 2.75) is 19.9 Å². The molecule has 0 radical (unpaired) electrons. The monoisotopic (exact) mass is 353 g/mol. The van der Waals surface area contributed by atoms with E-state index in [-0.39, 0.29) is 11.4 Å². The molecule has 2 aromatic rings. The molecule has 0 aliphatic carbocycles. The summed E-state index contributed by atoms with van der Waals surface area (Å²) in [5, 5.41) is 12.2. The lowest BCUT2D eigenvalue weighted by atomic mass is 9.95. The van der Waals surface area contributed by atoms with Crippen molar-refractivity contribution in [3.63, 3.8) is 0 Å². The molecule has 0 fully saturated rings. The van der Waals surface area contributed by atoms with Gasteiger partial charge in [0.2, 0.25) is 0 Å². The number of benzene rings is 1. The lowest BCUT2D eigenvalue weighted by Gasteiger charge is -2.24. The highest BCUT2D eigenvalue weighted by molar-refractivity contribution is 6.08. The Hall–Kier alpha value is -3.15. The van der Waals surface area contributed by atoms with E-state index < -0.39 is 11.8 Å². The molecule has 0 spiro atoms. The Bertz CT molecular complexity index is 891. The first-order valence-corrected chi connectivity index (χ1v) is 8.37. The van der Waals surface area contributed by atoms with E-state index in [1.807, 2.05) is 37.3 Å². The lowest BCUT2D eigenvalue weighted by molar-refractivity contribution is -0.132. The van der Waals surface area contributed by atoms with Crippen LogP contribution in [0.15, 0.2) is 54.2 Å². The fourth-order valence-electron chi connectivity index (χ4n) is 2.96. The Labute approximate surface area is 151 Å². The molecule has 1 aliphatic rings. The molecule has 134 valence electrons. The number of aromatic nitrogens is 1. The van der Waals surface area contributed by atoms with Crippen molar-refractivity contribution in [2.75, 3.05) is 17.3 Å². The molecule has 0 bridgehead atoms. The molecule has 1 aliphatic heterocycles. The van der Waals surface area contributed by atoms with Crippen LogP contribution in [0.3, 0.4) is 0 Å². The van der Waals surface area contributed by atoms with Crippen molar-refractivity contribution in [1.82, 2.24) is 4.98 Å². The van der Waals surface area contributed by atoms with Crippen molar-refractivity contribution in [3.05, 3.63) is 71.2 Å². The summed E-state index contributed by atoms with van der Waals surface area (Å²) < 4.78 is 14.7. The zero-order valence-corrected chi connectivity index (χ0v) is 14.7. The minimum atomic E-state index is -1.06. The number of allylic oxidation sites excluding steroid dienone is 1. The molecule has 1 aromatic heterocycles. The molecule has 26 heavy (non-hydrogen) atoms. The van der Waals surface area contributed by atoms with Crippen LogP contribution in [-0.4, -0.2) is 23.1 Å². The van der Waals surface area contributed by atoms with Gasteiger partial charge in [0.25, 0.3) is 0 Å². The predicted octanol–water partition coefficient (Wildman–Crippen LogP) is 4.04. The number of hydrogen-bond donors (Lipinski definition) is 2. The first kappa shape index (κ1) is 17.7. The second kappa shape index (κ2) is 7.39. The SMILES string of the molecule is CC/C=C1/C(C(=O)O)=CNc2nc(N(C)Cc3ccccc3)c(F)cc21. The molecule has 2 N–H and O–H groups in total. The zero-order valence-electron chi connectivity index (χ0n) is 14.7. The quantitative estimate of drug-likeness (QED) is 0.849. The molecule has 0 atom stereocenters. The third kappa shape index (κ3) is 3.44. The first-order valence-electron chi connectivity index (χ1n) is 8.37. The molecule has 0 saturated carbocycles. The van der Waals surface area contributed by atoms with Gasteiger partial charge in [0.1, 0.15) is 5.82 Å². The standard InChI is InChI=1S/C20H20FN3O2/c1-3-7-14-15-10-17(21)19(23-18(15)22-11-16(14)20(25)26)24(2)12-13-8-5-4-6-9-13/h4-11H,3,12H2,1-2H3,(H,22,23)(H,25,26)/b14-7+. The molecule has 0 saturated heterocycles. The van der Waals surface area contributed by atoms with Gasteiger partial charge in [0, 0.05) is 25.4 Å². The molecule has 1 aromatic carbocycles. The Balaban J connectivity index is 1.97. The molecule has 0 unspecified atom stereocenters. The average Bonchev–Trinajstić information content (AvgIpc) is 2.62. The summed E-state index contributed by atoms with van der Waals surface area (Å²) in [6, 6.07) is 11.1. The molecule has 0 amide bonds. The van der Waals surface area contributed by atoms with Crippen LogP contribution in [0.25, 0.3) is 5.57 Å². The van der Waals surface area contributed by atoms with Crippen LogP contribution >= 0.6 is 0 Å². The first-order chi connectivity index (χ1) is 12.5. The number of anilines is 2. The van der Waals surface area contributed by atoms with Crippen molar-refractivity contribution < 1.29 is 14.3 Å². The van der Waals surface area contributed by atoms with Crippen LogP contribution in [0.4, 0.5) is 16.0 Å². The maximum absolute atomic E-state index is 14.7. The lowest BCUT2D eigenvalue weighted by Crippen LogP contribution is -2.21. The fourth-order valence-corrected chi connectivity index (χ4v) is 2.96. The van der Waals surface area contributed by atoms with Crippen LogP contribution in [0.1, 0.15) is 24.5 Å². The van der Waals surface area contributed by atoms with Gasteiger partial charge in [-0.05, 0) is 23.6 Å². The van der Waals surface area contributed by atoms with Gasteiger partial charge in [-0.25, -0.2) is 14.2 Å². The number of rotatable bonds is 5. The van der Waals surface area contributed by atoms with E-state index in [0.717, 1.165) is 5.56 Å². The number of carboxylic acid groups (broad SMARTS) is 1. The summed E-state index contributed by atoms with van der Waals surface area (Å²) in [6.07, 6.45) is 3.81. The number of carbonyl (C=O) groups is 1. The van der Waals surface area contributed by atoms with E-state index in [4.69, 9.17) is 0 Å². The van der Waals surface area contributed by atoms with Crippen LogP contribution < -0.4 is 10.2 Å². The molecule has 3 rings (SSSR count). The normalized spacial score (nSPS) is 14.4. The van der Waals surface area contributed by atoms with E-state index in [1.54, 1.807) is 18.0 Å². The van der Waals surface area contributed by atoms with E-state index in [0.29, 0.717) is 29.9 Å². The second-order valence-corrected chi connectivity index (χ2v) is 6.07. The summed E-state index contributed by atoms with van der Waals surface area (Å²) in [5.41, 5.74) is 2.09. The fraction of sp³-hybridized carbons (Fsp3) is 0.200. The summed E-state index contributed by atoms with van der Waals surface area (Å²) in [7, 11) is 1.77. The summed E-state index contributed by atoms with van der Waals surface area (Å²) in [6.45, 7) is 2.41. The van der Waals surface area contributed by atoms with Gasteiger partial charge in [0.05, 0.1) is 5.57 Å². The largest absolute Gasteiger partial charge is 0.478 e. The smallest absolute Gasteiger partial charge is 0.337 e. The number of nitrogens with one attached hydrogen (secondary N) is 1. The highest BCUT2D eigenvalue weighted by Crippen LogP contribution is 2.35. The molecule has 6 heteroatoms. The molecule has 5 nitrogen and oxygen atoms in total. The maximum Gasteiger partial charge on any atom is 0.337 e. The van der Waals surface area contributed by atoms with Gasteiger partial charge in [-0.15, -0.1) is 0 Å². The maximum atomic E-state index is 14.7. The number of fused-ring (bicyclic) bond motifs is 1. The number of nitrogens with zero attached hydrogens (tertiary/aromatic N) is 2. The minimum absolute atomic E-state index is 0.103. The van der Waals surface area contributed by atoms with Crippen molar-refractivity contribution >= 4 is 23.2 Å². The Kier molecular flexibility index (Phi) is 5.02. The highest BCUT2D eigenvalue weighted by atomic mass is 19.1. The third-order valence-corrected chi connectivity index (χ3v) is 4.15. The Morgan fingerprint density at radius 1 is 1.35 bits per heavy atom. The summed E-state index contributed by atoms with van der Waals surface area (Å²) >= 11 is 0. The zero-order chi connectivity index (χ0) is 18.7. The van der Waals surface area contributed by atoms with E-state index in [2.05, 4.69) is 10.3 Å². The highest BCUT2D eigenvalue weighted by Gasteiger charge is 2.25. The topological polar surface area (TPSA) is 65.5 Å². The van der Waals surface area contributed by atoms with E-state index in [9.17, 15) is 14.3 Å². The van der Waals surface area contributed by atoms with Gasteiger partial charge in [-0.1, -0.05) is 43.3 Å². The second-order valence-electron chi connectivity index (χ2n) is 6.07. The van der Waals surface area contributed by atoms with Crippen molar-refractivity contribution in [2.24, 2.45) is 0 Å². The van der Waals surface area contributed by atoms with Gasteiger partial charge >= 0.3 is 5.97 Å². The number of aliphatic carboxylic acids is 1. The molecular weight excluding hydrogens is 333 g/mol. The summed E-state index contributed by atoms with van der Waals surface area (Å²) in [5.74, 6) is -0.889. The number of halogens is 1. The average molecular weight is 353 g/mol. The number of pyridine rings is 1. The van der Waals surface area contributed by atoms with E-state index >= 15 is 0 Å². The third-order valence-electron chi connectivity index (χ3n) is 4.15. The summed E-state index contributed by atoms with van der Waals surface area (Å²) in [4.78, 5) is 17.6. The van der Waals surface area contributed by atoms with E-state index in [1.165, 1.54) is 12.3 Å². The van der Waals surface area contributed by atoms with Gasteiger partial charge in [0.15, 0.2) is 11.6 Å². The van der Waals surface area contributed by atoms with Crippen LogP contribution in [-0.2, 0) is 11.3 Å². The van der Waals surface area contributed by atoms with Crippen molar-refractivity contribution in [3.8, 4) is 0 Å².